The molecule has 0 aromatic heterocycles. The van der Waals surface area contributed by atoms with E-state index in [1.54, 1.807) is 0 Å². The van der Waals surface area contributed by atoms with Crippen molar-refractivity contribution in [2.45, 2.75) is 12.5 Å². The maximum Gasteiger partial charge on any atom is 0.320 e. The minimum Gasteiger partial charge on any atom is -0.480 e. The molecule has 1 aromatic rings. The Morgan fingerprint density at radius 1 is 1.53 bits per heavy atom. The van der Waals surface area contributed by atoms with Crippen molar-refractivity contribution in [1.29, 1.82) is 0 Å². The average molecular weight is 223 g/mol. The van der Waals surface area contributed by atoms with Gasteiger partial charge in [-0.05, 0) is 17.3 Å². The monoisotopic (exact) mass is 223 g/mol. The van der Waals surface area contributed by atoms with Crippen LogP contribution in [-0.2, 0) is 11.2 Å². The number of aliphatic carboxylic acids is 1. The Morgan fingerprint density at radius 2 is 2.13 bits per heavy atom. The van der Waals surface area contributed by atoms with Gasteiger partial charge in [0.2, 0.25) is 0 Å². The van der Waals surface area contributed by atoms with Gasteiger partial charge in [-0.2, -0.15) is 0 Å². The molecule has 0 aliphatic carbocycles. The molecule has 2 unspecified atom stereocenters. The molecule has 3 N–H and O–H groups in total. The van der Waals surface area contributed by atoms with Crippen LogP contribution in [0.25, 0.3) is 0 Å². The van der Waals surface area contributed by atoms with Crippen LogP contribution in [0.3, 0.4) is 0 Å². The first-order chi connectivity index (χ1) is 7.13. The molecule has 0 aliphatic heterocycles. The van der Waals surface area contributed by atoms with E-state index in [1.807, 2.05) is 30.1 Å². The lowest BCUT2D eigenvalue weighted by Crippen LogP contribution is -2.32. The third kappa shape index (κ3) is 3.82. The molecule has 1 rings (SSSR count). The van der Waals surface area contributed by atoms with Crippen molar-refractivity contribution in [2.75, 3.05) is 0 Å². The highest BCUT2D eigenvalue weighted by molar-refractivity contribution is 7.50. The van der Waals surface area contributed by atoms with E-state index in [9.17, 15) is 4.79 Å². The highest BCUT2D eigenvalue weighted by Crippen LogP contribution is 2.11. The Kier molecular flexibility index (Phi) is 4.47. The zero-order chi connectivity index (χ0) is 11.3. The second-order valence-electron chi connectivity index (χ2n) is 3.19. The molecule has 15 heavy (non-hydrogen) atoms. The van der Waals surface area contributed by atoms with E-state index in [-0.39, 0.29) is 0 Å². The van der Waals surface area contributed by atoms with Crippen LogP contribution in [0.5, 0.6) is 0 Å². The standard InChI is InChI=1S/C11H14NO2P/c1-2-15-9-5-3-8(4-6-9)7-10(12)11(13)14/h2-6,10,15H,1,7,12H2,(H,13,14). The van der Waals surface area contributed by atoms with Gasteiger partial charge in [0.15, 0.2) is 0 Å². The molecule has 0 spiro atoms. The van der Waals surface area contributed by atoms with E-state index in [2.05, 4.69) is 6.58 Å². The maximum atomic E-state index is 10.5. The number of benzene rings is 1. The summed E-state index contributed by atoms with van der Waals surface area (Å²) in [5, 5.41) is 9.84. The van der Waals surface area contributed by atoms with Crippen molar-refractivity contribution in [1.82, 2.24) is 0 Å². The van der Waals surface area contributed by atoms with Crippen molar-refractivity contribution < 1.29 is 9.90 Å². The third-order valence-corrected chi connectivity index (χ3v) is 2.87. The first kappa shape index (κ1) is 11.9. The number of carboxylic acid groups (broad SMARTS) is 1. The number of hydrogen-bond acceptors (Lipinski definition) is 2. The fourth-order valence-corrected chi connectivity index (χ4v) is 1.79. The molecule has 0 aliphatic rings. The topological polar surface area (TPSA) is 63.3 Å². The van der Waals surface area contributed by atoms with E-state index in [0.717, 1.165) is 5.56 Å². The van der Waals surface area contributed by atoms with Gasteiger partial charge in [0.05, 0.1) is 0 Å². The quantitative estimate of drug-likeness (QED) is 0.734. The summed E-state index contributed by atoms with van der Waals surface area (Å²) >= 11 is 0. The summed E-state index contributed by atoms with van der Waals surface area (Å²) in [6.45, 7) is 3.66. The molecule has 0 heterocycles. The number of hydrogen-bond donors (Lipinski definition) is 2. The molecule has 4 heteroatoms. The lowest BCUT2D eigenvalue weighted by Gasteiger charge is -2.06. The predicted octanol–water partition coefficient (Wildman–Crippen LogP) is 1.09. The second-order valence-corrected chi connectivity index (χ2v) is 4.47. The van der Waals surface area contributed by atoms with Crippen LogP contribution in [0.2, 0.25) is 0 Å². The van der Waals surface area contributed by atoms with Crippen molar-refractivity contribution in [3.8, 4) is 0 Å². The summed E-state index contributed by atoms with van der Waals surface area (Å²) in [5.74, 6) is 0.893. The lowest BCUT2D eigenvalue weighted by atomic mass is 10.1. The van der Waals surface area contributed by atoms with Crippen LogP contribution in [-0.4, -0.2) is 17.1 Å². The van der Waals surface area contributed by atoms with Crippen molar-refractivity contribution in [3.63, 3.8) is 0 Å². The normalized spacial score (nSPS) is 12.9. The first-order valence-electron chi connectivity index (χ1n) is 4.58. The van der Waals surface area contributed by atoms with Gasteiger partial charge in [0.1, 0.15) is 6.04 Å². The lowest BCUT2D eigenvalue weighted by molar-refractivity contribution is -0.138. The van der Waals surface area contributed by atoms with Crippen LogP contribution in [0.4, 0.5) is 0 Å². The van der Waals surface area contributed by atoms with Gasteiger partial charge in [-0.1, -0.05) is 45.2 Å². The molecule has 0 radical (unpaired) electrons. The van der Waals surface area contributed by atoms with Crippen molar-refractivity contribution in [3.05, 3.63) is 42.2 Å². The van der Waals surface area contributed by atoms with Gasteiger partial charge < -0.3 is 10.8 Å². The van der Waals surface area contributed by atoms with Gasteiger partial charge in [-0.3, -0.25) is 4.79 Å². The molecule has 2 atom stereocenters. The molecule has 0 saturated carbocycles. The Balaban J connectivity index is 2.64. The number of rotatable bonds is 5. The summed E-state index contributed by atoms with van der Waals surface area (Å²) in [6.07, 6.45) is 0.368. The molecular formula is C11H14NO2P. The van der Waals surface area contributed by atoms with Gasteiger partial charge in [-0.25, -0.2) is 0 Å². The highest BCUT2D eigenvalue weighted by Gasteiger charge is 2.11. The Bertz CT molecular complexity index is 348. The van der Waals surface area contributed by atoms with Gasteiger partial charge in [0.25, 0.3) is 0 Å². The zero-order valence-corrected chi connectivity index (χ0v) is 9.31. The van der Waals surface area contributed by atoms with Crippen LogP contribution < -0.4 is 11.0 Å². The van der Waals surface area contributed by atoms with Crippen LogP contribution >= 0.6 is 8.58 Å². The largest absolute Gasteiger partial charge is 0.480 e. The van der Waals surface area contributed by atoms with Gasteiger partial charge in [-0.15, -0.1) is 0 Å². The summed E-state index contributed by atoms with van der Waals surface area (Å²) in [5.41, 5.74) is 6.38. The molecule has 0 bridgehead atoms. The van der Waals surface area contributed by atoms with Crippen LogP contribution in [0.1, 0.15) is 5.56 Å². The molecular weight excluding hydrogens is 209 g/mol. The number of carboxylic acids is 1. The minimum atomic E-state index is -0.966. The number of carbonyl (C=O) groups is 1. The van der Waals surface area contributed by atoms with E-state index < -0.39 is 12.0 Å². The first-order valence-corrected chi connectivity index (χ1v) is 5.66. The molecule has 0 saturated heterocycles. The SMILES string of the molecule is C=CPc1ccc(CC(N)C(=O)O)cc1. The summed E-state index contributed by atoms with van der Waals surface area (Å²) in [4.78, 5) is 10.5. The van der Waals surface area contributed by atoms with Gasteiger partial charge in [0, 0.05) is 0 Å². The fourth-order valence-electron chi connectivity index (χ4n) is 1.20. The Labute approximate surface area is 90.8 Å². The Hall–Kier alpha value is -1.18. The average Bonchev–Trinajstić information content (AvgIpc) is 2.21. The summed E-state index contributed by atoms with van der Waals surface area (Å²) in [6, 6.07) is 6.95. The second kappa shape index (κ2) is 5.64. The van der Waals surface area contributed by atoms with Gasteiger partial charge >= 0.3 is 5.97 Å². The molecule has 3 nitrogen and oxygen atoms in total. The van der Waals surface area contributed by atoms with E-state index >= 15 is 0 Å². The molecule has 0 fully saturated rings. The summed E-state index contributed by atoms with van der Waals surface area (Å²) < 4.78 is 0. The zero-order valence-electron chi connectivity index (χ0n) is 8.31. The number of nitrogens with two attached hydrogens (primary N) is 1. The van der Waals surface area contributed by atoms with Crippen molar-refractivity contribution >= 4 is 19.9 Å². The molecule has 80 valence electrons. The van der Waals surface area contributed by atoms with E-state index in [4.69, 9.17) is 10.8 Å². The van der Waals surface area contributed by atoms with Crippen LogP contribution in [0, 0.1) is 0 Å². The maximum absolute atomic E-state index is 10.5. The minimum absolute atomic E-state index is 0.368. The van der Waals surface area contributed by atoms with Crippen molar-refractivity contribution in [2.24, 2.45) is 5.73 Å². The molecule has 0 amide bonds. The molecule has 1 aromatic carbocycles. The highest BCUT2D eigenvalue weighted by atomic mass is 31.1. The Morgan fingerprint density at radius 3 is 2.60 bits per heavy atom. The fraction of sp³-hybridized carbons (Fsp3) is 0.182. The summed E-state index contributed by atoms with van der Waals surface area (Å²) in [7, 11) is 0.591. The smallest absolute Gasteiger partial charge is 0.320 e. The third-order valence-electron chi connectivity index (χ3n) is 2.00. The predicted molar refractivity (Wildman–Crippen MR) is 63.9 cm³/mol. The van der Waals surface area contributed by atoms with Crippen LogP contribution in [0.15, 0.2) is 36.7 Å². The van der Waals surface area contributed by atoms with E-state index in [0.29, 0.717) is 15.0 Å². The van der Waals surface area contributed by atoms with E-state index in [1.165, 1.54) is 5.30 Å².